The van der Waals surface area contributed by atoms with Gasteiger partial charge >= 0.3 is 5.97 Å². The monoisotopic (exact) mass is 293 g/mol. The van der Waals surface area contributed by atoms with Gasteiger partial charge in [0, 0.05) is 17.0 Å². The maximum absolute atomic E-state index is 11.1. The van der Waals surface area contributed by atoms with Gasteiger partial charge in [-0.05, 0) is 25.1 Å². The number of carbonyl (C=O) groups is 1. The number of ether oxygens (including phenoxy) is 1. The van der Waals surface area contributed by atoms with E-state index in [2.05, 4.69) is 4.98 Å². The third-order valence-electron chi connectivity index (χ3n) is 3.39. The van der Waals surface area contributed by atoms with Crippen LogP contribution in [0, 0.1) is 0 Å². The number of rotatable bonds is 4. The lowest BCUT2D eigenvalue weighted by Gasteiger charge is -2.11. The van der Waals surface area contributed by atoms with Crippen molar-refractivity contribution >= 4 is 16.9 Å². The molecule has 0 unspecified atom stereocenters. The van der Waals surface area contributed by atoms with Crippen LogP contribution in [0.3, 0.4) is 0 Å². The number of hydrogen-bond acceptors (Lipinski definition) is 3. The number of carboxylic acids is 1. The molecule has 0 bridgehead atoms. The van der Waals surface area contributed by atoms with E-state index in [4.69, 9.17) is 9.84 Å². The van der Waals surface area contributed by atoms with E-state index < -0.39 is 5.97 Å². The summed E-state index contributed by atoms with van der Waals surface area (Å²) in [5.41, 5.74) is 2.74. The first kappa shape index (κ1) is 14.1. The molecule has 1 heterocycles. The van der Waals surface area contributed by atoms with Crippen molar-refractivity contribution in [2.75, 3.05) is 6.61 Å². The molecule has 0 fully saturated rings. The maximum atomic E-state index is 11.1. The number of pyridine rings is 1. The Kier molecular flexibility index (Phi) is 3.74. The van der Waals surface area contributed by atoms with E-state index in [9.17, 15) is 4.79 Å². The second-order valence-corrected chi connectivity index (χ2v) is 4.84. The second-order valence-electron chi connectivity index (χ2n) is 4.84. The predicted octanol–water partition coefficient (Wildman–Crippen LogP) is 4.00. The molecule has 0 saturated carbocycles. The molecule has 2 aromatic carbocycles. The summed E-state index contributed by atoms with van der Waals surface area (Å²) in [5, 5.41) is 9.85. The van der Waals surface area contributed by atoms with Crippen molar-refractivity contribution in [2.24, 2.45) is 0 Å². The Bertz CT molecular complexity index is 828. The largest absolute Gasteiger partial charge is 0.493 e. The molecule has 0 atom stereocenters. The molecule has 4 nitrogen and oxygen atoms in total. The lowest BCUT2D eigenvalue weighted by molar-refractivity contribution is 0.0697. The van der Waals surface area contributed by atoms with Gasteiger partial charge in [0.25, 0.3) is 0 Å². The van der Waals surface area contributed by atoms with Gasteiger partial charge in [-0.3, -0.25) is 0 Å². The highest BCUT2D eigenvalue weighted by atomic mass is 16.5. The number of aromatic carboxylic acids is 1. The zero-order valence-corrected chi connectivity index (χ0v) is 12.1. The topological polar surface area (TPSA) is 59.4 Å². The van der Waals surface area contributed by atoms with Gasteiger partial charge in [-0.2, -0.15) is 0 Å². The average Bonchev–Trinajstić information content (AvgIpc) is 2.55. The molecule has 0 spiro atoms. The highest BCUT2D eigenvalue weighted by Crippen LogP contribution is 2.30. The Labute approximate surface area is 128 Å². The molecule has 0 aliphatic heterocycles. The van der Waals surface area contributed by atoms with Crippen LogP contribution in [0.2, 0.25) is 0 Å². The molecule has 22 heavy (non-hydrogen) atoms. The van der Waals surface area contributed by atoms with E-state index in [1.807, 2.05) is 43.3 Å². The molecule has 0 amide bonds. The van der Waals surface area contributed by atoms with E-state index in [1.165, 1.54) is 0 Å². The summed E-state index contributed by atoms with van der Waals surface area (Å²) >= 11 is 0. The Morgan fingerprint density at radius 3 is 2.59 bits per heavy atom. The number of fused-ring (bicyclic) bond motifs is 1. The van der Waals surface area contributed by atoms with Crippen molar-refractivity contribution in [3.8, 4) is 17.0 Å². The van der Waals surface area contributed by atoms with Gasteiger partial charge in [-0.15, -0.1) is 0 Å². The minimum absolute atomic E-state index is 0.225. The summed E-state index contributed by atoms with van der Waals surface area (Å²) in [6.45, 7) is 2.40. The molecule has 110 valence electrons. The fraction of sp³-hybridized carbons (Fsp3) is 0.111. The van der Waals surface area contributed by atoms with Gasteiger partial charge in [0.1, 0.15) is 5.75 Å². The minimum atomic E-state index is -0.962. The van der Waals surface area contributed by atoms with Gasteiger partial charge in [0.2, 0.25) is 0 Å². The third kappa shape index (κ3) is 2.63. The first-order valence-corrected chi connectivity index (χ1v) is 7.05. The lowest BCUT2D eigenvalue weighted by Crippen LogP contribution is -1.99. The van der Waals surface area contributed by atoms with E-state index in [0.29, 0.717) is 17.7 Å². The summed E-state index contributed by atoms with van der Waals surface area (Å²) in [6, 6.07) is 16.6. The zero-order chi connectivity index (χ0) is 15.5. The van der Waals surface area contributed by atoms with Crippen molar-refractivity contribution in [1.29, 1.82) is 0 Å². The maximum Gasteiger partial charge on any atom is 0.335 e. The smallest absolute Gasteiger partial charge is 0.335 e. The van der Waals surface area contributed by atoms with Crippen molar-refractivity contribution in [2.45, 2.75) is 6.92 Å². The number of benzene rings is 2. The summed E-state index contributed by atoms with van der Waals surface area (Å²) in [6.07, 6.45) is 0. The number of nitrogens with zero attached hydrogens (tertiary/aromatic N) is 1. The summed E-state index contributed by atoms with van der Waals surface area (Å²) in [7, 11) is 0. The van der Waals surface area contributed by atoms with E-state index >= 15 is 0 Å². The van der Waals surface area contributed by atoms with Gasteiger partial charge in [0.05, 0.1) is 23.4 Å². The quantitative estimate of drug-likeness (QED) is 0.790. The highest BCUT2D eigenvalue weighted by molar-refractivity contribution is 5.96. The summed E-state index contributed by atoms with van der Waals surface area (Å²) in [4.78, 5) is 15.8. The fourth-order valence-electron chi connectivity index (χ4n) is 2.36. The van der Waals surface area contributed by atoms with Gasteiger partial charge in [-0.25, -0.2) is 9.78 Å². The molecule has 0 saturated heterocycles. The van der Waals surface area contributed by atoms with E-state index in [-0.39, 0.29) is 5.56 Å². The SMILES string of the molecule is CCOc1cc(-c2ccccc2)nc2ccc(C(=O)O)cc12. The molecule has 3 rings (SSSR count). The third-order valence-corrected chi connectivity index (χ3v) is 3.39. The van der Waals surface area contributed by atoms with Crippen molar-refractivity contribution in [3.05, 3.63) is 60.2 Å². The van der Waals surface area contributed by atoms with Crippen LogP contribution in [-0.4, -0.2) is 22.7 Å². The molecule has 1 aromatic heterocycles. The van der Waals surface area contributed by atoms with Crippen molar-refractivity contribution in [3.63, 3.8) is 0 Å². The summed E-state index contributed by atoms with van der Waals surface area (Å²) < 4.78 is 5.68. The molecule has 3 aromatic rings. The molecule has 0 radical (unpaired) electrons. The molecular formula is C18H15NO3. The van der Waals surface area contributed by atoms with E-state index in [0.717, 1.165) is 16.8 Å². The van der Waals surface area contributed by atoms with Gasteiger partial charge < -0.3 is 9.84 Å². The fourth-order valence-corrected chi connectivity index (χ4v) is 2.36. The van der Waals surface area contributed by atoms with E-state index in [1.54, 1.807) is 18.2 Å². The first-order chi connectivity index (χ1) is 10.7. The average molecular weight is 293 g/mol. The Morgan fingerprint density at radius 2 is 1.91 bits per heavy atom. The number of carboxylic acid groups (broad SMARTS) is 1. The van der Waals surface area contributed by atoms with Gasteiger partial charge in [-0.1, -0.05) is 30.3 Å². The molecular weight excluding hydrogens is 278 g/mol. The zero-order valence-electron chi connectivity index (χ0n) is 12.1. The number of hydrogen-bond donors (Lipinski definition) is 1. The Morgan fingerprint density at radius 1 is 1.14 bits per heavy atom. The normalized spacial score (nSPS) is 10.6. The van der Waals surface area contributed by atoms with Crippen molar-refractivity contribution < 1.29 is 14.6 Å². The highest BCUT2D eigenvalue weighted by Gasteiger charge is 2.11. The Balaban J connectivity index is 2.22. The lowest BCUT2D eigenvalue weighted by atomic mass is 10.1. The van der Waals surface area contributed by atoms with Crippen LogP contribution < -0.4 is 4.74 Å². The van der Waals surface area contributed by atoms with Crippen molar-refractivity contribution in [1.82, 2.24) is 4.98 Å². The Hall–Kier alpha value is -2.88. The molecule has 4 heteroatoms. The van der Waals surface area contributed by atoms with Crippen LogP contribution in [0.25, 0.3) is 22.2 Å². The van der Waals surface area contributed by atoms with Crippen LogP contribution in [-0.2, 0) is 0 Å². The summed E-state index contributed by atoms with van der Waals surface area (Å²) in [5.74, 6) is -0.314. The van der Waals surface area contributed by atoms with Crippen LogP contribution >= 0.6 is 0 Å². The minimum Gasteiger partial charge on any atom is -0.493 e. The molecule has 0 aliphatic rings. The van der Waals surface area contributed by atoms with Gasteiger partial charge in [0.15, 0.2) is 0 Å². The molecule has 1 N–H and O–H groups in total. The van der Waals surface area contributed by atoms with Crippen LogP contribution in [0.15, 0.2) is 54.6 Å². The van der Waals surface area contributed by atoms with Crippen LogP contribution in [0.4, 0.5) is 0 Å². The standard InChI is InChI=1S/C18H15NO3/c1-2-22-17-11-16(12-6-4-3-5-7-12)19-15-9-8-13(18(20)21)10-14(15)17/h3-11H,2H2,1H3,(H,20,21). The first-order valence-electron chi connectivity index (χ1n) is 7.05. The van der Waals surface area contributed by atoms with Crippen LogP contribution in [0.1, 0.15) is 17.3 Å². The predicted molar refractivity (Wildman–Crippen MR) is 85.3 cm³/mol. The van der Waals surface area contributed by atoms with Crippen LogP contribution in [0.5, 0.6) is 5.75 Å². The number of aromatic nitrogens is 1. The second kappa shape index (κ2) is 5.85. The molecule has 0 aliphatic carbocycles.